The van der Waals surface area contributed by atoms with E-state index in [0.29, 0.717) is 11.0 Å². The number of hydrogen-bond acceptors (Lipinski definition) is 6. The smallest absolute Gasteiger partial charge is 0.237 e. The van der Waals surface area contributed by atoms with Crippen LogP contribution in [0.4, 0.5) is 11.5 Å². The first-order valence-electron chi connectivity index (χ1n) is 6.86. The van der Waals surface area contributed by atoms with Gasteiger partial charge in [-0.05, 0) is 27.7 Å². The molecule has 3 N–H and O–H groups in total. The van der Waals surface area contributed by atoms with Crippen molar-refractivity contribution < 1.29 is 4.79 Å². The lowest BCUT2D eigenvalue weighted by Crippen LogP contribution is -2.23. The second-order valence-electron chi connectivity index (χ2n) is 5.14. The van der Waals surface area contributed by atoms with Crippen LogP contribution in [0.25, 0.3) is 0 Å². The number of thioether (sulfide) groups is 1. The molecule has 1 atom stereocenters. The van der Waals surface area contributed by atoms with Crippen LogP contribution in [0.3, 0.4) is 0 Å². The van der Waals surface area contributed by atoms with Crippen molar-refractivity contribution in [2.24, 2.45) is 7.05 Å². The maximum absolute atomic E-state index is 12.3. The van der Waals surface area contributed by atoms with Crippen molar-refractivity contribution in [1.29, 1.82) is 0 Å². The van der Waals surface area contributed by atoms with Crippen LogP contribution in [-0.4, -0.2) is 30.9 Å². The normalized spacial score (nSPS) is 12.2. The van der Waals surface area contributed by atoms with E-state index >= 15 is 0 Å². The van der Waals surface area contributed by atoms with Crippen molar-refractivity contribution in [1.82, 2.24) is 19.7 Å². The summed E-state index contributed by atoms with van der Waals surface area (Å²) in [7, 11) is 1.85. The largest absolute Gasteiger partial charge is 0.384 e. The number of amides is 1. The lowest BCUT2D eigenvalue weighted by Gasteiger charge is -2.12. The number of nitrogen functional groups attached to an aromatic ring is 1. The zero-order chi connectivity index (χ0) is 16.4. The van der Waals surface area contributed by atoms with Gasteiger partial charge in [0, 0.05) is 18.8 Å². The molecule has 0 aliphatic rings. The number of hydrogen-bond donors (Lipinski definition) is 2. The van der Waals surface area contributed by atoms with Crippen LogP contribution in [0, 0.1) is 20.8 Å². The van der Waals surface area contributed by atoms with Gasteiger partial charge in [-0.15, -0.1) is 0 Å². The first-order chi connectivity index (χ1) is 10.3. The van der Waals surface area contributed by atoms with E-state index in [1.165, 1.54) is 11.8 Å². The fourth-order valence-corrected chi connectivity index (χ4v) is 2.85. The van der Waals surface area contributed by atoms with Gasteiger partial charge in [0.1, 0.15) is 5.82 Å². The van der Waals surface area contributed by atoms with Gasteiger partial charge in [-0.3, -0.25) is 9.48 Å². The van der Waals surface area contributed by atoms with Gasteiger partial charge in [-0.1, -0.05) is 11.8 Å². The SMILES string of the molecule is Cc1cc(N)nc(S[C@H](C)C(=O)Nc2c(C)nn(C)c2C)n1. The molecule has 2 aromatic heterocycles. The van der Waals surface area contributed by atoms with Gasteiger partial charge < -0.3 is 11.1 Å². The van der Waals surface area contributed by atoms with E-state index in [0.717, 1.165) is 22.8 Å². The molecule has 0 spiro atoms. The Kier molecular flexibility index (Phi) is 4.70. The van der Waals surface area contributed by atoms with Crippen LogP contribution in [0.5, 0.6) is 0 Å². The zero-order valence-corrected chi connectivity index (χ0v) is 14.2. The van der Waals surface area contributed by atoms with Gasteiger partial charge in [0.25, 0.3) is 0 Å². The van der Waals surface area contributed by atoms with E-state index in [-0.39, 0.29) is 11.2 Å². The molecule has 0 radical (unpaired) electrons. The fraction of sp³-hybridized carbons (Fsp3) is 0.429. The summed E-state index contributed by atoms with van der Waals surface area (Å²) in [5, 5.41) is 7.36. The van der Waals surface area contributed by atoms with Crippen molar-refractivity contribution in [3.8, 4) is 0 Å². The summed E-state index contributed by atoms with van der Waals surface area (Å²) in [5.74, 6) is 0.287. The lowest BCUT2D eigenvalue weighted by atomic mass is 10.3. The van der Waals surface area contributed by atoms with Gasteiger partial charge in [-0.25, -0.2) is 9.97 Å². The molecule has 0 saturated heterocycles. The number of aryl methyl sites for hydroxylation is 3. The van der Waals surface area contributed by atoms with Gasteiger partial charge in [0.15, 0.2) is 5.16 Å². The summed E-state index contributed by atoms with van der Waals surface area (Å²) in [4.78, 5) is 20.8. The highest BCUT2D eigenvalue weighted by molar-refractivity contribution is 8.00. The summed E-state index contributed by atoms with van der Waals surface area (Å²) in [6.45, 7) is 7.43. The molecule has 118 valence electrons. The summed E-state index contributed by atoms with van der Waals surface area (Å²) in [6, 6.07) is 1.69. The van der Waals surface area contributed by atoms with Crippen LogP contribution in [0.2, 0.25) is 0 Å². The Bertz CT molecular complexity index is 691. The highest BCUT2D eigenvalue weighted by atomic mass is 32.2. The maximum atomic E-state index is 12.3. The van der Waals surface area contributed by atoms with E-state index < -0.39 is 0 Å². The van der Waals surface area contributed by atoms with Crippen LogP contribution in [0.1, 0.15) is 24.0 Å². The predicted octanol–water partition coefficient (Wildman–Crippen LogP) is 1.84. The molecule has 2 heterocycles. The number of nitrogens with two attached hydrogens (primary N) is 1. The van der Waals surface area contributed by atoms with Crippen molar-refractivity contribution in [3.05, 3.63) is 23.1 Å². The number of nitrogens with one attached hydrogen (secondary N) is 1. The summed E-state index contributed by atoms with van der Waals surface area (Å²) < 4.78 is 1.74. The van der Waals surface area contributed by atoms with E-state index in [2.05, 4.69) is 20.4 Å². The average Bonchev–Trinajstić information content (AvgIpc) is 2.64. The first-order valence-corrected chi connectivity index (χ1v) is 7.74. The standard InChI is InChI=1S/C14H20N6OS/c1-7-6-11(15)17-14(16-7)22-10(4)13(21)18-12-8(2)19-20(5)9(12)3/h6,10H,1-5H3,(H,18,21)(H2,15,16,17)/t10-/m1/s1. The number of rotatable bonds is 4. The molecule has 22 heavy (non-hydrogen) atoms. The van der Waals surface area contributed by atoms with E-state index in [9.17, 15) is 4.79 Å². The molecule has 2 aromatic rings. The third-order valence-corrected chi connectivity index (χ3v) is 4.22. The maximum Gasteiger partial charge on any atom is 0.237 e. The molecular weight excluding hydrogens is 300 g/mol. The molecule has 8 heteroatoms. The fourth-order valence-electron chi connectivity index (χ4n) is 2.01. The molecular formula is C14H20N6OS. The average molecular weight is 320 g/mol. The lowest BCUT2D eigenvalue weighted by molar-refractivity contribution is -0.115. The van der Waals surface area contributed by atoms with Gasteiger partial charge >= 0.3 is 0 Å². The molecule has 0 aliphatic carbocycles. The molecule has 1 amide bonds. The van der Waals surface area contributed by atoms with Crippen molar-refractivity contribution in [2.45, 2.75) is 38.1 Å². The third kappa shape index (κ3) is 3.56. The Balaban J connectivity index is 2.09. The van der Waals surface area contributed by atoms with Crippen molar-refractivity contribution in [2.75, 3.05) is 11.1 Å². The molecule has 2 rings (SSSR count). The minimum atomic E-state index is -0.347. The Morgan fingerprint density at radius 1 is 1.36 bits per heavy atom. The molecule has 0 saturated carbocycles. The van der Waals surface area contributed by atoms with Crippen molar-refractivity contribution in [3.63, 3.8) is 0 Å². The highest BCUT2D eigenvalue weighted by Crippen LogP contribution is 2.24. The van der Waals surface area contributed by atoms with E-state index in [1.807, 2.05) is 34.7 Å². The molecule has 0 fully saturated rings. The predicted molar refractivity (Wildman–Crippen MR) is 87.8 cm³/mol. The van der Waals surface area contributed by atoms with Crippen LogP contribution < -0.4 is 11.1 Å². The van der Waals surface area contributed by atoms with Crippen LogP contribution in [-0.2, 0) is 11.8 Å². The number of aromatic nitrogens is 4. The number of nitrogens with zero attached hydrogens (tertiary/aromatic N) is 4. The molecule has 0 aliphatic heterocycles. The first kappa shape index (κ1) is 16.3. The molecule has 0 aromatic carbocycles. The topological polar surface area (TPSA) is 98.7 Å². The number of carbonyl (C=O) groups is 1. The molecule has 7 nitrogen and oxygen atoms in total. The Morgan fingerprint density at radius 3 is 2.59 bits per heavy atom. The van der Waals surface area contributed by atoms with Gasteiger partial charge in [0.05, 0.1) is 22.3 Å². The van der Waals surface area contributed by atoms with E-state index in [1.54, 1.807) is 10.7 Å². The monoisotopic (exact) mass is 320 g/mol. The third-order valence-electron chi connectivity index (χ3n) is 3.26. The minimum absolute atomic E-state index is 0.118. The zero-order valence-electron chi connectivity index (χ0n) is 13.3. The van der Waals surface area contributed by atoms with E-state index in [4.69, 9.17) is 5.73 Å². The highest BCUT2D eigenvalue weighted by Gasteiger charge is 2.19. The Hall–Kier alpha value is -2.09. The Labute approximate surface area is 133 Å². The second-order valence-corrected chi connectivity index (χ2v) is 6.44. The number of carbonyl (C=O) groups excluding carboxylic acids is 1. The number of anilines is 2. The second kappa shape index (κ2) is 6.35. The van der Waals surface area contributed by atoms with Crippen LogP contribution >= 0.6 is 11.8 Å². The molecule has 0 unspecified atom stereocenters. The van der Waals surface area contributed by atoms with Crippen molar-refractivity contribution >= 4 is 29.2 Å². The summed E-state index contributed by atoms with van der Waals surface area (Å²) >= 11 is 1.28. The Morgan fingerprint density at radius 2 is 2.05 bits per heavy atom. The van der Waals surface area contributed by atoms with Gasteiger partial charge in [0.2, 0.25) is 5.91 Å². The molecule has 0 bridgehead atoms. The van der Waals surface area contributed by atoms with Gasteiger partial charge in [-0.2, -0.15) is 5.10 Å². The van der Waals surface area contributed by atoms with Crippen LogP contribution in [0.15, 0.2) is 11.2 Å². The summed E-state index contributed by atoms with van der Waals surface area (Å²) in [5.41, 5.74) is 8.94. The minimum Gasteiger partial charge on any atom is -0.384 e. The quantitative estimate of drug-likeness (QED) is 0.659. The summed E-state index contributed by atoms with van der Waals surface area (Å²) in [6.07, 6.45) is 0.